The van der Waals surface area contributed by atoms with Crippen molar-refractivity contribution in [3.63, 3.8) is 0 Å². The number of nitrogens with zero attached hydrogens (tertiary/aromatic N) is 5. The number of rotatable bonds is 8. The largest absolute Gasteiger partial charge is 0.497 e. The van der Waals surface area contributed by atoms with E-state index in [2.05, 4.69) is 74.8 Å². The van der Waals surface area contributed by atoms with Gasteiger partial charge in [-0.3, -0.25) is 9.89 Å². The third-order valence-electron chi connectivity index (χ3n) is 6.52. The molecule has 7 nitrogen and oxygen atoms in total. The highest BCUT2D eigenvalue weighted by molar-refractivity contribution is 5.80. The minimum Gasteiger partial charge on any atom is -0.497 e. The van der Waals surface area contributed by atoms with Crippen molar-refractivity contribution in [3.8, 4) is 5.75 Å². The van der Waals surface area contributed by atoms with Crippen LogP contribution in [-0.2, 0) is 0 Å². The van der Waals surface area contributed by atoms with Gasteiger partial charge >= 0.3 is 0 Å². The molecule has 1 aromatic carbocycles. The Balaban J connectivity index is 1.73. The van der Waals surface area contributed by atoms with Crippen molar-refractivity contribution in [2.45, 2.75) is 39.3 Å². The number of methoxy groups -OCH3 is 1. The molecule has 0 amide bonds. The summed E-state index contributed by atoms with van der Waals surface area (Å²) in [6.45, 7) is 11.5. The van der Waals surface area contributed by atoms with Gasteiger partial charge in [-0.05, 0) is 43.1 Å². The van der Waals surface area contributed by atoms with E-state index in [0.29, 0.717) is 12.0 Å². The molecule has 0 spiro atoms. The molecule has 1 aromatic heterocycles. The van der Waals surface area contributed by atoms with E-state index in [9.17, 15) is 0 Å². The van der Waals surface area contributed by atoms with Crippen LogP contribution >= 0.6 is 0 Å². The van der Waals surface area contributed by atoms with Gasteiger partial charge in [-0.15, -0.1) is 0 Å². The molecule has 0 radical (unpaired) electrons. The fraction of sp³-hybridized carbons (Fsp3) is 0.583. The van der Waals surface area contributed by atoms with E-state index in [0.717, 1.165) is 50.9 Å². The van der Waals surface area contributed by atoms with Crippen molar-refractivity contribution in [1.29, 1.82) is 0 Å². The maximum absolute atomic E-state index is 5.47. The number of likely N-dealkylation sites (tertiary alicyclic amines) is 1. The molecule has 1 fully saturated rings. The van der Waals surface area contributed by atoms with Crippen molar-refractivity contribution < 1.29 is 4.74 Å². The number of benzene rings is 1. The predicted molar refractivity (Wildman–Crippen MR) is 127 cm³/mol. The first kappa shape index (κ1) is 23.1. The van der Waals surface area contributed by atoms with Crippen LogP contribution in [0.3, 0.4) is 0 Å². The molecule has 1 N–H and O–H groups in total. The Kier molecular flexibility index (Phi) is 8.35. The molecule has 3 unspecified atom stereocenters. The van der Waals surface area contributed by atoms with Gasteiger partial charge in [0, 0.05) is 39.1 Å². The van der Waals surface area contributed by atoms with Gasteiger partial charge in [0.05, 0.1) is 25.5 Å². The Hall–Kier alpha value is -2.54. The van der Waals surface area contributed by atoms with E-state index in [1.165, 1.54) is 5.56 Å². The van der Waals surface area contributed by atoms with Crippen LogP contribution in [0.15, 0.2) is 48.0 Å². The first-order valence-corrected chi connectivity index (χ1v) is 11.4. The quantitative estimate of drug-likeness (QED) is 0.518. The summed E-state index contributed by atoms with van der Waals surface area (Å²) in [5, 5.41) is 3.67. The molecule has 1 aliphatic heterocycles. The number of piperidine rings is 1. The topological polar surface area (TPSA) is 57.9 Å². The normalized spacial score (nSPS) is 20.7. The van der Waals surface area contributed by atoms with E-state index in [1.54, 1.807) is 7.11 Å². The summed E-state index contributed by atoms with van der Waals surface area (Å²) in [6, 6.07) is 9.06. The standard InChI is InChI=1S/C24H38N6O/c1-6-28(7-2)22(20-9-8-10-21(15-20)31-5)16-27-24(25-4)29-13-11-19(3)23(17-29)30-14-12-26-18-30/h8-10,12,14-15,18-19,22-23H,6-7,11,13,16-17H2,1-5H3,(H,25,27). The lowest BCUT2D eigenvalue weighted by Crippen LogP contribution is -2.50. The van der Waals surface area contributed by atoms with Crippen LogP contribution in [0.5, 0.6) is 5.75 Å². The molecule has 170 valence electrons. The first-order chi connectivity index (χ1) is 15.1. The van der Waals surface area contributed by atoms with Crippen molar-refractivity contribution in [1.82, 2.24) is 24.7 Å². The monoisotopic (exact) mass is 426 g/mol. The second kappa shape index (κ2) is 11.2. The Labute approximate surface area is 187 Å². The number of likely N-dealkylation sites (N-methyl/N-ethyl adjacent to an activating group) is 1. The minimum atomic E-state index is 0.245. The molecule has 2 heterocycles. The van der Waals surface area contributed by atoms with Crippen LogP contribution in [0.1, 0.15) is 44.8 Å². The summed E-state index contributed by atoms with van der Waals surface area (Å²) < 4.78 is 7.71. The maximum Gasteiger partial charge on any atom is 0.193 e. The lowest BCUT2D eigenvalue weighted by atomic mass is 9.93. The molecule has 2 aromatic rings. The molecular weight excluding hydrogens is 388 g/mol. The molecule has 7 heteroatoms. The summed E-state index contributed by atoms with van der Waals surface area (Å²) >= 11 is 0. The first-order valence-electron chi connectivity index (χ1n) is 11.4. The summed E-state index contributed by atoms with van der Waals surface area (Å²) in [7, 11) is 3.60. The smallest absolute Gasteiger partial charge is 0.193 e. The second-order valence-corrected chi connectivity index (χ2v) is 8.23. The highest BCUT2D eigenvalue weighted by Crippen LogP contribution is 2.28. The van der Waals surface area contributed by atoms with Crippen molar-refractivity contribution in [2.75, 3.05) is 46.9 Å². The molecular formula is C24H38N6O. The molecule has 0 saturated carbocycles. The number of hydrogen-bond donors (Lipinski definition) is 1. The van der Waals surface area contributed by atoms with Gasteiger partial charge in [0.1, 0.15) is 5.75 Å². The minimum absolute atomic E-state index is 0.245. The number of ether oxygens (including phenoxy) is 1. The number of nitrogens with one attached hydrogen (secondary N) is 1. The van der Waals surface area contributed by atoms with Crippen molar-refractivity contribution in [2.24, 2.45) is 10.9 Å². The summed E-state index contributed by atoms with van der Waals surface area (Å²) in [5.74, 6) is 2.48. The Morgan fingerprint density at radius 2 is 2.16 bits per heavy atom. The zero-order chi connectivity index (χ0) is 22.2. The molecule has 3 atom stereocenters. The van der Waals surface area contributed by atoms with E-state index in [-0.39, 0.29) is 6.04 Å². The lowest BCUT2D eigenvalue weighted by molar-refractivity contribution is 0.184. The number of aliphatic imine (C=N–C) groups is 1. The third-order valence-corrected chi connectivity index (χ3v) is 6.52. The Morgan fingerprint density at radius 1 is 1.35 bits per heavy atom. The van der Waals surface area contributed by atoms with Gasteiger partial charge in [0.25, 0.3) is 0 Å². The zero-order valence-corrected chi connectivity index (χ0v) is 19.7. The fourth-order valence-corrected chi connectivity index (χ4v) is 4.59. The number of aromatic nitrogens is 2. The van der Waals surface area contributed by atoms with Crippen LogP contribution in [0, 0.1) is 5.92 Å². The van der Waals surface area contributed by atoms with Crippen LogP contribution in [0.4, 0.5) is 0 Å². The summed E-state index contributed by atoms with van der Waals surface area (Å²) in [4.78, 5) is 13.7. The lowest BCUT2D eigenvalue weighted by Gasteiger charge is -2.40. The highest BCUT2D eigenvalue weighted by Gasteiger charge is 2.29. The fourth-order valence-electron chi connectivity index (χ4n) is 4.59. The van der Waals surface area contributed by atoms with Gasteiger partial charge in [-0.1, -0.05) is 32.9 Å². The van der Waals surface area contributed by atoms with Gasteiger partial charge in [0.15, 0.2) is 5.96 Å². The van der Waals surface area contributed by atoms with Crippen molar-refractivity contribution >= 4 is 5.96 Å². The number of imidazole rings is 1. The van der Waals surface area contributed by atoms with E-state index in [1.807, 2.05) is 25.6 Å². The highest BCUT2D eigenvalue weighted by atomic mass is 16.5. The van der Waals surface area contributed by atoms with Gasteiger partial charge in [0.2, 0.25) is 0 Å². The molecule has 1 aliphatic rings. The molecule has 0 aliphatic carbocycles. The average molecular weight is 427 g/mol. The summed E-state index contributed by atoms with van der Waals surface area (Å²) in [5.41, 5.74) is 1.26. The van der Waals surface area contributed by atoms with Crippen molar-refractivity contribution in [3.05, 3.63) is 48.5 Å². The SMILES string of the molecule is CCN(CC)C(CNC(=NC)N1CCC(C)C(n2ccnc2)C1)c1cccc(OC)c1. The molecule has 0 bridgehead atoms. The number of guanidine groups is 1. The van der Waals surface area contributed by atoms with Crippen LogP contribution < -0.4 is 10.1 Å². The Bertz CT molecular complexity index is 817. The van der Waals surface area contributed by atoms with Crippen LogP contribution in [-0.4, -0.2) is 72.2 Å². The zero-order valence-electron chi connectivity index (χ0n) is 19.7. The Morgan fingerprint density at radius 3 is 2.81 bits per heavy atom. The van der Waals surface area contributed by atoms with Gasteiger partial charge in [-0.2, -0.15) is 0 Å². The van der Waals surface area contributed by atoms with E-state index >= 15 is 0 Å². The van der Waals surface area contributed by atoms with E-state index < -0.39 is 0 Å². The average Bonchev–Trinajstić information content (AvgIpc) is 3.34. The van der Waals surface area contributed by atoms with Gasteiger partial charge < -0.3 is 19.5 Å². The van der Waals surface area contributed by atoms with Crippen LogP contribution in [0.2, 0.25) is 0 Å². The van der Waals surface area contributed by atoms with Crippen LogP contribution in [0.25, 0.3) is 0 Å². The molecule has 3 rings (SSSR count). The van der Waals surface area contributed by atoms with Gasteiger partial charge in [-0.25, -0.2) is 4.98 Å². The molecule has 31 heavy (non-hydrogen) atoms. The maximum atomic E-state index is 5.47. The number of hydrogen-bond acceptors (Lipinski definition) is 4. The molecule has 1 saturated heterocycles. The van der Waals surface area contributed by atoms with E-state index in [4.69, 9.17) is 4.74 Å². The third kappa shape index (κ3) is 5.58. The predicted octanol–water partition coefficient (Wildman–Crippen LogP) is 3.43. The second-order valence-electron chi connectivity index (χ2n) is 8.23. The summed E-state index contributed by atoms with van der Waals surface area (Å²) in [6.07, 6.45) is 7.00.